The smallest absolute Gasteiger partial charge is 0.185 e. The minimum Gasteiger partial charge on any atom is -0.361 e. The summed E-state index contributed by atoms with van der Waals surface area (Å²) >= 11 is 7.05. The highest BCUT2D eigenvalue weighted by atomic mass is 35.5. The zero-order valence-corrected chi connectivity index (χ0v) is 11.7. The Hall–Kier alpha value is -1.61. The van der Waals surface area contributed by atoms with Gasteiger partial charge in [-0.1, -0.05) is 53.3 Å². The van der Waals surface area contributed by atoms with Crippen molar-refractivity contribution in [2.24, 2.45) is 5.73 Å². The molecule has 19 heavy (non-hydrogen) atoms. The maximum absolute atomic E-state index is 8.78. The number of benzene rings is 1. The van der Waals surface area contributed by atoms with Crippen molar-refractivity contribution in [3.05, 3.63) is 45.9 Å². The van der Waals surface area contributed by atoms with Crippen LogP contribution in [0.2, 0.25) is 5.15 Å². The molecule has 2 rings (SSSR count). The van der Waals surface area contributed by atoms with Gasteiger partial charge in [-0.2, -0.15) is 5.26 Å². The van der Waals surface area contributed by atoms with E-state index in [1.807, 2.05) is 36.4 Å². The van der Waals surface area contributed by atoms with Crippen LogP contribution in [0.4, 0.5) is 5.13 Å². The van der Waals surface area contributed by atoms with Gasteiger partial charge in [0.2, 0.25) is 0 Å². The van der Waals surface area contributed by atoms with Gasteiger partial charge in [0.1, 0.15) is 10.9 Å². The number of aromatic nitrogens is 1. The lowest BCUT2D eigenvalue weighted by molar-refractivity contribution is 0.675. The molecule has 0 fully saturated rings. The van der Waals surface area contributed by atoms with E-state index in [1.165, 1.54) is 11.3 Å². The lowest BCUT2D eigenvalue weighted by Crippen LogP contribution is -2.15. The average Bonchev–Trinajstić information content (AvgIpc) is 2.80. The van der Waals surface area contributed by atoms with Gasteiger partial charge in [0.15, 0.2) is 10.3 Å². The summed E-state index contributed by atoms with van der Waals surface area (Å²) in [6.07, 6.45) is 0.781. The van der Waals surface area contributed by atoms with Crippen LogP contribution in [0.1, 0.15) is 22.9 Å². The first-order valence-electron chi connectivity index (χ1n) is 5.81. The van der Waals surface area contributed by atoms with E-state index in [0.29, 0.717) is 16.6 Å². The molecule has 1 aromatic heterocycles. The summed E-state index contributed by atoms with van der Waals surface area (Å²) < 4.78 is 0. The van der Waals surface area contributed by atoms with Gasteiger partial charge in [0.25, 0.3) is 0 Å². The molecule has 1 atom stereocenters. The molecule has 1 heterocycles. The third-order valence-corrected chi connectivity index (χ3v) is 3.95. The molecule has 0 saturated heterocycles. The van der Waals surface area contributed by atoms with E-state index in [9.17, 15) is 0 Å². The van der Waals surface area contributed by atoms with Crippen LogP contribution < -0.4 is 11.1 Å². The number of nitrogens with two attached hydrogens (primary N) is 1. The summed E-state index contributed by atoms with van der Waals surface area (Å²) in [6.45, 7) is 0.685. The molecular weight excluding hydrogens is 280 g/mol. The molecule has 0 aliphatic heterocycles. The van der Waals surface area contributed by atoms with Gasteiger partial charge in [-0.05, 0) is 12.0 Å². The molecule has 6 heteroatoms. The van der Waals surface area contributed by atoms with Gasteiger partial charge in [-0.15, -0.1) is 0 Å². The molecule has 98 valence electrons. The Morgan fingerprint density at radius 3 is 2.79 bits per heavy atom. The molecule has 0 bridgehead atoms. The predicted octanol–water partition coefficient (Wildman–Crippen LogP) is 3.17. The van der Waals surface area contributed by atoms with Crippen LogP contribution >= 0.6 is 22.9 Å². The highest BCUT2D eigenvalue weighted by molar-refractivity contribution is 7.16. The second-order valence-electron chi connectivity index (χ2n) is 3.98. The number of rotatable bonds is 5. The molecule has 0 radical (unpaired) electrons. The molecular formula is C13H13ClN4S. The number of thiazole rings is 1. The fourth-order valence-electron chi connectivity index (χ4n) is 1.65. The van der Waals surface area contributed by atoms with Crippen molar-refractivity contribution in [1.29, 1.82) is 5.26 Å². The second kappa shape index (κ2) is 6.53. The minimum absolute atomic E-state index is 0.0143. The monoisotopic (exact) mass is 292 g/mol. The van der Waals surface area contributed by atoms with E-state index in [1.54, 1.807) is 0 Å². The van der Waals surface area contributed by atoms with Gasteiger partial charge in [0.05, 0.1) is 0 Å². The zero-order chi connectivity index (χ0) is 13.7. The molecule has 3 N–H and O–H groups in total. The number of hydrogen-bond donors (Lipinski definition) is 2. The number of nitrogens with one attached hydrogen (secondary N) is 1. The maximum atomic E-state index is 8.78. The lowest BCUT2D eigenvalue weighted by atomic mass is 10.1. The van der Waals surface area contributed by atoms with Crippen molar-refractivity contribution >= 4 is 28.1 Å². The van der Waals surface area contributed by atoms with Crippen LogP contribution in [-0.2, 0) is 0 Å². The summed E-state index contributed by atoms with van der Waals surface area (Å²) in [5.41, 5.74) is 7.20. The van der Waals surface area contributed by atoms with Crippen LogP contribution in [0.3, 0.4) is 0 Å². The number of hydrogen-bond acceptors (Lipinski definition) is 5. The molecule has 2 aromatic rings. The van der Waals surface area contributed by atoms with Crippen molar-refractivity contribution in [1.82, 2.24) is 4.98 Å². The highest BCUT2D eigenvalue weighted by Gasteiger charge is 2.09. The average molecular weight is 293 g/mol. The zero-order valence-electron chi connectivity index (χ0n) is 10.1. The fraction of sp³-hybridized carbons (Fsp3) is 0.231. The van der Waals surface area contributed by atoms with Crippen molar-refractivity contribution in [2.45, 2.75) is 12.5 Å². The van der Waals surface area contributed by atoms with Crippen molar-refractivity contribution in [3.63, 3.8) is 0 Å². The topological polar surface area (TPSA) is 74.7 Å². The summed E-state index contributed by atoms with van der Waals surface area (Å²) in [7, 11) is 0. The van der Waals surface area contributed by atoms with Crippen LogP contribution in [0.15, 0.2) is 30.3 Å². The normalized spacial score (nSPS) is 11.8. The summed E-state index contributed by atoms with van der Waals surface area (Å²) in [4.78, 5) is 4.49. The molecule has 0 aliphatic carbocycles. The Kier molecular flexibility index (Phi) is 4.74. The molecule has 1 unspecified atom stereocenters. The molecule has 1 aromatic carbocycles. The first-order valence-corrected chi connectivity index (χ1v) is 7.01. The van der Waals surface area contributed by atoms with E-state index in [4.69, 9.17) is 22.6 Å². The van der Waals surface area contributed by atoms with E-state index in [2.05, 4.69) is 10.3 Å². The van der Waals surface area contributed by atoms with E-state index in [-0.39, 0.29) is 11.2 Å². The standard InChI is InChI=1S/C13H13ClN4S/c14-12-11(8-15)19-13(18-12)17-7-6-10(16)9-4-2-1-3-5-9/h1-5,10H,6-7,16H2,(H,17,18). The molecule has 0 saturated carbocycles. The fourth-order valence-corrected chi connectivity index (χ4v) is 2.62. The highest BCUT2D eigenvalue weighted by Crippen LogP contribution is 2.26. The Labute approximate surface area is 120 Å². The van der Waals surface area contributed by atoms with Crippen LogP contribution in [0, 0.1) is 11.3 Å². The van der Waals surface area contributed by atoms with Crippen LogP contribution in [-0.4, -0.2) is 11.5 Å². The Morgan fingerprint density at radius 1 is 1.42 bits per heavy atom. The van der Waals surface area contributed by atoms with Gasteiger partial charge < -0.3 is 11.1 Å². The van der Waals surface area contributed by atoms with Crippen LogP contribution in [0.25, 0.3) is 0 Å². The quantitative estimate of drug-likeness (QED) is 0.887. The third-order valence-electron chi connectivity index (χ3n) is 2.65. The minimum atomic E-state index is -0.0143. The number of halogens is 1. The molecule has 4 nitrogen and oxygen atoms in total. The third kappa shape index (κ3) is 3.67. The number of nitriles is 1. The van der Waals surface area contributed by atoms with Crippen molar-refractivity contribution in [2.75, 3.05) is 11.9 Å². The first kappa shape index (κ1) is 13.8. The first-order chi connectivity index (χ1) is 9.20. The Morgan fingerprint density at radius 2 is 2.16 bits per heavy atom. The van der Waals surface area contributed by atoms with Gasteiger partial charge >= 0.3 is 0 Å². The number of anilines is 1. The largest absolute Gasteiger partial charge is 0.361 e. The van der Waals surface area contributed by atoms with Gasteiger partial charge in [-0.25, -0.2) is 4.98 Å². The lowest BCUT2D eigenvalue weighted by Gasteiger charge is -2.11. The summed E-state index contributed by atoms with van der Waals surface area (Å²) in [5.74, 6) is 0. The van der Waals surface area contributed by atoms with Gasteiger partial charge in [-0.3, -0.25) is 0 Å². The SMILES string of the molecule is N#Cc1sc(NCCC(N)c2ccccc2)nc1Cl. The second-order valence-corrected chi connectivity index (χ2v) is 5.34. The predicted molar refractivity (Wildman–Crippen MR) is 78.3 cm³/mol. The van der Waals surface area contributed by atoms with E-state index < -0.39 is 0 Å². The summed E-state index contributed by atoms with van der Waals surface area (Å²) in [6, 6.07) is 11.9. The van der Waals surface area contributed by atoms with E-state index >= 15 is 0 Å². The molecule has 0 amide bonds. The van der Waals surface area contributed by atoms with E-state index in [0.717, 1.165) is 12.0 Å². The maximum Gasteiger partial charge on any atom is 0.185 e. The van der Waals surface area contributed by atoms with Gasteiger partial charge in [0, 0.05) is 12.6 Å². The summed E-state index contributed by atoms with van der Waals surface area (Å²) in [5, 5.41) is 12.8. The van der Waals surface area contributed by atoms with Crippen molar-refractivity contribution in [3.8, 4) is 6.07 Å². The van der Waals surface area contributed by atoms with Crippen LogP contribution in [0.5, 0.6) is 0 Å². The Bertz CT molecular complexity index is 576. The number of nitrogens with zero attached hydrogens (tertiary/aromatic N) is 2. The Balaban J connectivity index is 1.85. The van der Waals surface area contributed by atoms with Crippen molar-refractivity contribution < 1.29 is 0 Å². The molecule has 0 aliphatic rings. The molecule has 0 spiro atoms.